The van der Waals surface area contributed by atoms with E-state index < -0.39 is 5.60 Å². The highest BCUT2D eigenvalue weighted by Gasteiger charge is 2.27. The number of nitrogens with two attached hydrogens (primary N) is 1. The molecule has 0 aliphatic rings. The van der Waals surface area contributed by atoms with Gasteiger partial charge in [0.05, 0.1) is 6.04 Å². The van der Waals surface area contributed by atoms with Crippen LogP contribution in [-0.4, -0.2) is 17.3 Å². The SMILES string of the molecule is COC(C)(C)c1noc(C(N)Cc2ccccc2)n1. The minimum atomic E-state index is -0.575. The third-order valence-electron chi connectivity index (χ3n) is 3.11. The first-order valence-electron chi connectivity index (χ1n) is 6.21. The molecule has 5 nitrogen and oxygen atoms in total. The summed E-state index contributed by atoms with van der Waals surface area (Å²) in [6.07, 6.45) is 0.663. The highest BCUT2D eigenvalue weighted by Crippen LogP contribution is 2.22. The summed E-state index contributed by atoms with van der Waals surface area (Å²) < 4.78 is 10.5. The van der Waals surface area contributed by atoms with Crippen molar-refractivity contribution in [2.75, 3.05) is 7.11 Å². The van der Waals surface area contributed by atoms with Crippen LogP contribution in [0.5, 0.6) is 0 Å². The first-order chi connectivity index (χ1) is 9.03. The van der Waals surface area contributed by atoms with Gasteiger partial charge < -0.3 is 15.0 Å². The average Bonchev–Trinajstić information content (AvgIpc) is 2.90. The molecule has 5 heteroatoms. The van der Waals surface area contributed by atoms with Crippen molar-refractivity contribution in [1.29, 1.82) is 0 Å². The third-order valence-corrected chi connectivity index (χ3v) is 3.11. The highest BCUT2D eigenvalue weighted by molar-refractivity contribution is 5.16. The van der Waals surface area contributed by atoms with E-state index in [2.05, 4.69) is 10.1 Å². The molecule has 0 fully saturated rings. The molecule has 0 aliphatic heterocycles. The minimum absolute atomic E-state index is 0.309. The van der Waals surface area contributed by atoms with E-state index in [1.807, 2.05) is 44.2 Å². The van der Waals surface area contributed by atoms with Gasteiger partial charge in [-0.2, -0.15) is 4.98 Å². The normalized spacial score (nSPS) is 13.5. The Kier molecular flexibility index (Phi) is 3.97. The molecule has 0 bridgehead atoms. The Bertz CT molecular complexity index is 522. The maximum Gasteiger partial charge on any atom is 0.244 e. The summed E-state index contributed by atoms with van der Waals surface area (Å²) in [4.78, 5) is 4.32. The van der Waals surface area contributed by atoms with E-state index in [1.54, 1.807) is 7.11 Å². The van der Waals surface area contributed by atoms with Gasteiger partial charge in [-0.1, -0.05) is 35.5 Å². The Morgan fingerprint density at radius 2 is 2.00 bits per heavy atom. The lowest BCUT2D eigenvalue weighted by atomic mass is 10.1. The minimum Gasteiger partial charge on any atom is -0.371 e. The molecule has 0 spiro atoms. The molecule has 1 heterocycles. The van der Waals surface area contributed by atoms with Crippen LogP contribution in [0.1, 0.15) is 37.2 Å². The van der Waals surface area contributed by atoms with Gasteiger partial charge >= 0.3 is 0 Å². The van der Waals surface area contributed by atoms with Crippen molar-refractivity contribution in [2.45, 2.75) is 31.9 Å². The van der Waals surface area contributed by atoms with Crippen molar-refractivity contribution in [3.63, 3.8) is 0 Å². The fourth-order valence-corrected chi connectivity index (χ4v) is 1.68. The van der Waals surface area contributed by atoms with Crippen molar-refractivity contribution in [3.8, 4) is 0 Å². The van der Waals surface area contributed by atoms with E-state index in [1.165, 1.54) is 0 Å². The molecule has 1 aromatic carbocycles. The molecule has 2 rings (SSSR count). The van der Waals surface area contributed by atoms with Gasteiger partial charge in [-0.15, -0.1) is 0 Å². The number of methoxy groups -OCH3 is 1. The molecular weight excluding hydrogens is 242 g/mol. The molecule has 0 radical (unpaired) electrons. The van der Waals surface area contributed by atoms with Crippen molar-refractivity contribution < 1.29 is 9.26 Å². The summed E-state index contributed by atoms with van der Waals surface area (Å²) in [6, 6.07) is 9.68. The zero-order chi connectivity index (χ0) is 13.9. The molecule has 2 aromatic rings. The standard InChI is InChI=1S/C14H19N3O2/c1-14(2,18-3)13-16-12(19-17-13)11(15)9-10-7-5-4-6-8-10/h4-8,11H,9,15H2,1-3H3. The zero-order valence-electron chi connectivity index (χ0n) is 11.5. The van der Waals surface area contributed by atoms with Crippen molar-refractivity contribution >= 4 is 0 Å². The summed E-state index contributed by atoms with van der Waals surface area (Å²) in [5.41, 5.74) is 6.65. The fourth-order valence-electron chi connectivity index (χ4n) is 1.68. The van der Waals surface area contributed by atoms with Gasteiger partial charge in [0.15, 0.2) is 0 Å². The van der Waals surface area contributed by atoms with Gasteiger partial charge in [-0.25, -0.2) is 0 Å². The van der Waals surface area contributed by atoms with Crippen molar-refractivity contribution in [1.82, 2.24) is 10.1 Å². The van der Waals surface area contributed by atoms with E-state index in [4.69, 9.17) is 15.0 Å². The number of rotatable bonds is 5. The van der Waals surface area contributed by atoms with Crippen molar-refractivity contribution in [2.24, 2.45) is 5.73 Å². The van der Waals surface area contributed by atoms with Crippen LogP contribution in [0.3, 0.4) is 0 Å². The Hall–Kier alpha value is -1.72. The zero-order valence-corrected chi connectivity index (χ0v) is 11.5. The summed E-state index contributed by atoms with van der Waals surface area (Å²) in [5, 5.41) is 3.93. The van der Waals surface area contributed by atoms with Crippen LogP contribution in [-0.2, 0) is 16.8 Å². The van der Waals surface area contributed by atoms with Gasteiger partial charge in [0.1, 0.15) is 5.60 Å². The molecule has 102 valence electrons. The number of hydrogen-bond acceptors (Lipinski definition) is 5. The highest BCUT2D eigenvalue weighted by atomic mass is 16.5. The summed E-state index contributed by atoms with van der Waals surface area (Å²) in [5.74, 6) is 0.942. The second kappa shape index (κ2) is 5.50. The lowest BCUT2D eigenvalue weighted by Gasteiger charge is -2.17. The van der Waals surface area contributed by atoms with Crippen LogP contribution in [0.25, 0.3) is 0 Å². The van der Waals surface area contributed by atoms with Crippen LogP contribution < -0.4 is 5.73 Å². The van der Waals surface area contributed by atoms with E-state index in [0.717, 1.165) is 5.56 Å². The van der Waals surface area contributed by atoms with Crippen LogP contribution in [0.2, 0.25) is 0 Å². The van der Waals surface area contributed by atoms with E-state index in [-0.39, 0.29) is 6.04 Å². The van der Waals surface area contributed by atoms with Crippen LogP contribution in [0.15, 0.2) is 34.9 Å². The number of hydrogen-bond donors (Lipinski definition) is 1. The summed E-state index contributed by atoms with van der Waals surface area (Å²) >= 11 is 0. The molecule has 0 amide bonds. The maximum atomic E-state index is 6.09. The Labute approximate surface area is 112 Å². The summed E-state index contributed by atoms with van der Waals surface area (Å²) in [6.45, 7) is 3.76. The smallest absolute Gasteiger partial charge is 0.244 e. The van der Waals surface area contributed by atoms with Crippen LogP contribution in [0, 0.1) is 0 Å². The topological polar surface area (TPSA) is 74.2 Å². The number of benzene rings is 1. The monoisotopic (exact) mass is 261 g/mol. The maximum absolute atomic E-state index is 6.09. The molecule has 0 saturated heterocycles. The molecule has 19 heavy (non-hydrogen) atoms. The Balaban J connectivity index is 2.10. The number of aromatic nitrogens is 2. The largest absolute Gasteiger partial charge is 0.371 e. The second-order valence-corrected chi connectivity index (χ2v) is 4.97. The lowest BCUT2D eigenvalue weighted by molar-refractivity contribution is 0.00973. The molecule has 2 N–H and O–H groups in total. The van der Waals surface area contributed by atoms with Gasteiger partial charge in [-0.05, 0) is 25.8 Å². The Morgan fingerprint density at radius 1 is 1.32 bits per heavy atom. The number of ether oxygens (including phenoxy) is 1. The molecule has 1 unspecified atom stereocenters. The quantitative estimate of drug-likeness (QED) is 0.893. The average molecular weight is 261 g/mol. The van der Waals surface area contributed by atoms with Crippen LogP contribution in [0.4, 0.5) is 0 Å². The predicted molar refractivity (Wildman–Crippen MR) is 71.4 cm³/mol. The molecule has 1 atom stereocenters. The van der Waals surface area contributed by atoms with E-state index >= 15 is 0 Å². The lowest BCUT2D eigenvalue weighted by Crippen LogP contribution is -2.21. The number of nitrogens with zero attached hydrogens (tertiary/aromatic N) is 2. The molecule has 1 aromatic heterocycles. The predicted octanol–water partition coefficient (Wildman–Crippen LogP) is 2.19. The first-order valence-corrected chi connectivity index (χ1v) is 6.21. The summed E-state index contributed by atoms with van der Waals surface area (Å²) in [7, 11) is 1.61. The molecule has 0 aliphatic carbocycles. The van der Waals surface area contributed by atoms with Gasteiger partial charge in [0.2, 0.25) is 11.7 Å². The van der Waals surface area contributed by atoms with E-state index in [9.17, 15) is 0 Å². The van der Waals surface area contributed by atoms with Crippen LogP contribution >= 0.6 is 0 Å². The second-order valence-electron chi connectivity index (χ2n) is 4.97. The molecule has 0 saturated carbocycles. The van der Waals surface area contributed by atoms with E-state index in [0.29, 0.717) is 18.1 Å². The van der Waals surface area contributed by atoms with Crippen molar-refractivity contribution in [3.05, 3.63) is 47.6 Å². The van der Waals surface area contributed by atoms with Gasteiger partial charge in [-0.3, -0.25) is 0 Å². The molecular formula is C14H19N3O2. The fraction of sp³-hybridized carbons (Fsp3) is 0.429. The van der Waals surface area contributed by atoms with Gasteiger partial charge in [0.25, 0.3) is 0 Å². The third kappa shape index (κ3) is 3.19. The van der Waals surface area contributed by atoms with Gasteiger partial charge in [0, 0.05) is 7.11 Å². The Morgan fingerprint density at radius 3 is 2.63 bits per heavy atom. The first kappa shape index (κ1) is 13.7.